The number of aryl methyl sites for hydroxylation is 2. The van der Waals surface area contributed by atoms with Crippen LogP contribution in [0.1, 0.15) is 38.3 Å². The summed E-state index contributed by atoms with van der Waals surface area (Å²) >= 11 is 0. The van der Waals surface area contributed by atoms with Crippen LogP contribution in [0.4, 0.5) is 0 Å². The second kappa shape index (κ2) is 8.18. The van der Waals surface area contributed by atoms with E-state index in [2.05, 4.69) is 36.9 Å². The molecule has 0 spiro atoms. The highest BCUT2D eigenvalue weighted by Gasteiger charge is 2.19. The molecule has 0 radical (unpaired) electrons. The largest absolute Gasteiger partial charge is 0.478 e. The molecule has 1 amide bonds. The zero-order chi connectivity index (χ0) is 15.9. The Morgan fingerprint density at radius 1 is 1.00 bits per heavy atom. The summed E-state index contributed by atoms with van der Waals surface area (Å²) in [6.07, 6.45) is 2.66. The van der Waals surface area contributed by atoms with Crippen molar-refractivity contribution in [1.29, 1.82) is 0 Å². The van der Waals surface area contributed by atoms with E-state index in [9.17, 15) is 4.79 Å². The lowest BCUT2D eigenvalue weighted by Crippen LogP contribution is -2.49. The molecule has 4 heteroatoms. The topological polar surface area (TPSA) is 32.8 Å². The number of carbonyl (C=O) groups excluding carboxylic acids is 1. The van der Waals surface area contributed by atoms with E-state index in [1.807, 2.05) is 11.8 Å². The minimum atomic E-state index is 0.254. The molecule has 1 aromatic rings. The van der Waals surface area contributed by atoms with Crippen LogP contribution in [-0.2, 0) is 17.6 Å². The van der Waals surface area contributed by atoms with E-state index >= 15 is 0 Å². The zero-order valence-corrected chi connectivity index (χ0v) is 14.1. The molecule has 4 nitrogen and oxygen atoms in total. The molecule has 22 heavy (non-hydrogen) atoms. The Bertz CT molecular complexity index is 472. The van der Waals surface area contributed by atoms with Crippen LogP contribution >= 0.6 is 0 Å². The summed E-state index contributed by atoms with van der Waals surface area (Å²) in [6.45, 7) is 10.3. The molecule has 1 aliphatic rings. The van der Waals surface area contributed by atoms with Crippen LogP contribution in [0.3, 0.4) is 0 Å². The van der Waals surface area contributed by atoms with Crippen molar-refractivity contribution in [3.8, 4) is 5.75 Å². The van der Waals surface area contributed by atoms with Gasteiger partial charge in [-0.25, -0.2) is 0 Å². The van der Waals surface area contributed by atoms with E-state index in [0.29, 0.717) is 13.2 Å². The van der Waals surface area contributed by atoms with Gasteiger partial charge in [0.05, 0.1) is 0 Å². The first-order valence-corrected chi connectivity index (χ1v) is 8.42. The minimum Gasteiger partial charge on any atom is -0.478 e. The SMILES string of the molecule is CCC(=O)N1CCN(COc2cc(CC)cc(CC)c2)CC1. The van der Waals surface area contributed by atoms with Gasteiger partial charge in [-0.15, -0.1) is 0 Å². The van der Waals surface area contributed by atoms with Crippen LogP contribution in [0.15, 0.2) is 18.2 Å². The smallest absolute Gasteiger partial charge is 0.222 e. The fraction of sp³-hybridized carbons (Fsp3) is 0.611. The molecule has 0 bridgehead atoms. The summed E-state index contributed by atoms with van der Waals surface area (Å²) in [5, 5.41) is 0. The van der Waals surface area contributed by atoms with Gasteiger partial charge in [0.1, 0.15) is 12.5 Å². The summed E-state index contributed by atoms with van der Waals surface area (Å²) in [5.41, 5.74) is 2.65. The van der Waals surface area contributed by atoms with Crippen LogP contribution in [0.2, 0.25) is 0 Å². The predicted molar refractivity (Wildman–Crippen MR) is 89.1 cm³/mol. The van der Waals surface area contributed by atoms with Gasteiger partial charge in [-0.05, 0) is 36.1 Å². The van der Waals surface area contributed by atoms with Crippen molar-refractivity contribution < 1.29 is 9.53 Å². The van der Waals surface area contributed by atoms with Crippen LogP contribution in [-0.4, -0.2) is 48.6 Å². The molecule has 0 aromatic heterocycles. The van der Waals surface area contributed by atoms with Crippen molar-refractivity contribution in [1.82, 2.24) is 9.80 Å². The van der Waals surface area contributed by atoms with E-state index in [-0.39, 0.29) is 5.91 Å². The summed E-state index contributed by atoms with van der Waals surface area (Å²) in [7, 11) is 0. The number of nitrogens with zero attached hydrogens (tertiary/aromatic N) is 2. The molecule has 0 N–H and O–H groups in total. The van der Waals surface area contributed by atoms with Gasteiger partial charge in [0.2, 0.25) is 5.91 Å². The summed E-state index contributed by atoms with van der Waals surface area (Å²) in [5.74, 6) is 1.21. The number of rotatable bonds is 6. The van der Waals surface area contributed by atoms with Crippen LogP contribution < -0.4 is 4.74 Å². The summed E-state index contributed by atoms with van der Waals surface area (Å²) in [6, 6.07) is 6.52. The van der Waals surface area contributed by atoms with Gasteiger partial charge in [-0.3, -0.25) is 9.69 Å². The standard InChI is InChI=1S/C18H28N2O2/c1-4-15-11-16(5-2)13-17(12-15)22-14-19-7-9-20(10-8-19)18(21)6-3/h11-13H,4-10,14H2,1-3H3. The van der Waals surface area contributed by atoms with Crippen LogP contribution in [0, 0.1) is 0 Å². The third-order valence-electron chi connectivity index (χ3n) is 4.28. The number of benzene rings is 1. The van der Waals surface area contributed by atoms with E-state index in [0.717, 1.165) is 44.8 Å². The van der Waals surface area contributed by atoms with Gasteiger partial charge in [0.25, 0.3) is 0 Å². The molecule has 2 rings (SSSR count). The van der Waals surface area contributed by atoms with Crippen molar-refractivity contribution in [3.63, 3.8) is 0 Å². The number of ether oxygens (including phenoxy) is 1. The van der Waals surface area contributed by atoms with Crippen molar-refractivity contribution in [3.05, 3.63) is 29.3 Å². The second-order valence-corrected chi connectivity index (χ2v) is 5.82. The van der Waals surface area contributed by atoms with Crippen LogP contribution in [0.25, 0.3) is 0 Å². The lowest BCUT2D eigenvalue weighted by molar-refractivity contribution is -0.133. The summed E-state index contributed by atoms with van der Waals surface area (Å²) in [4.78, 5) is 15.9. The van der Waals surface area contributed by atoms with Gasteiger partial charge in [-0.1, -0.05) is 26.8 Å². The van der Waals surface area contributed by atoms with E-state index < -0.39 is 0 Å². The van der Waals surface area contributed by atoms with Crippen molar-refractivity contribution in [2.24, 2.45) is 0 Å². The van der Waals surface area contributed by atoms with Crippen molar-refractivity contribution in [2.75, 3.05) is 32.9 Å². The maximum Gasteiger partial charge on any atom is 0.222 e. The highest BCUT2D eigenvalue weighted by molar-refractivity contribution is 5.75. The van der Waals surface area contributed by atoms with E-state index in [1.165, 1.54) is 11.1 Å². The Hall–Kier alpha value is -1.55. The normalized spacial score (nSPS) is 15.9. The molecular weight excluding hydrogens is 276 g/mol. The van der Waals surface area contributed by atoms with Gasteiger partial charge < -0.3 is 9.64 Å². The Morgan fingerprint density at radius 3 is 2.09 bits per heavy atom. The fourth-order valence-corrected chi connectivity index (χ4v) is 2.74. The second-order valence-electron chi connectivity index (χ2n) is 5.82. The molecule has 1 fully saturated rings. The van der Waals surface area contributed by atoms with Crippen LogP contribution in [0.5, 0.6) is 5.75 Å². The van der Waals surface area contributed by atoms with Gasteiger partial charge in [0.15, 0.2) is 0 Å². The number of hydrogen-bond acceptors (Lipinski definition) is 3. The first-order valence-electron chi connectivity index (χ1n) is 8.42. The molecule has 1 aliphatic heterocycles. The first kappa shape index (κ1) is 16.8. The quantitative estimate of drug-likeness (QED) is 0.810. The Labute approximate surface area is 134 Å². The summed E-state index contributed by atoms with van der Waals surface area (Å²) < 4.78 is 5.97. The van der Waals surface area contributed by atoms with Gasteiger partial charge in [0, 0.05) is 32.6 Å². The van der Waals surface area contributed by atoms with Gasteiger partial charge in [-0.2, -0.15) is 0 Å². The van der Waals surface area contributed by atoms with Crippen molar-refractivity contribution in [2.45, 2.75) is 40.0 Å². The van der Waals surface area contributed by atoms with Crippen molar-refractivity contribution >= 4 is 5.91 Å². The maximum absolute atomic E-state index is 11.7. The molecule has 0 atom stereocenters. The Kier molecular flexibility index (Phi) is 6.25. The highest BCUT2D eigenvalue weighted by atomic mass is 16.5. The molecule has 1 aromatic carbocycles. The molecule has 0 unspecified atom stereocenters. The highest BCUT2D eigenvalue weighted by Crippen LogP contribution is 2.19. The lowest BCUT2D eigenvalue weighted by Gasteiger charge is -2.34. The first-order chi connectivity index (χ1) is 10.7. The fourth-order valence-electron chi connectivity index (χ4n) is 2.74. The monoisotopic (exact) mass is 304 g/mol. The minimum absolute atomic E-state index is 0.254. The maximum atomic E-state index is 11.7. The zero-order valence-electron chi connectivity index (χ0n) is 14.1. The lowest BCUT2D eigenvalue weighted by atomic mass is 10.1. The number of amides is 1. The predicted octanol–water partition coefficient (Wildman–Crippen LogP) is 2.70. The Morgan fingerprint density at radius 2 is 1.59 bits per heavy atom. The van der Waals surface area contributed by atoms with E-state index in [4.69, 9.17) is 4.74 Å². The van der Waals surface area contributed by atoms with E-state index in [1.54, 1.807) is 0 Å². The number of piperazine rings is 1. The average Bonchev–Trinajstić information content (AvgIpc) is 2.59. The molecule has 1 heterocycles. The third-order valence-corrected chi connectivity index (χ3v) is 4.28. The third kappa shape index (κ3) is 4.47. The Balaban J connectivity index is 1.85. The molecular formula is C18H28N2O2. The molecule has 1 saturated heterocycles. The van der Waals surface area contributed by atoms with Gasteiger partial charge >= 0.3 is 0 Å². The molecule has 122 valence electrons. The molecule has 0 aliphatic carbocycles. The molecule has 0 saturated carbocycles. The number of hydrogen-bond donors (Lipinski definition) is 0. The number of carbonyl (C=O) groups is 1. The average molecular weight is 304 g/mol.